The zero-order chi connectivity index (χ0) is 86.8. The molecule has 3 amide bonds. The average Bonchev–Trinajstić information content (AvgIpc) is 1.59. The van der Waals surface area contributed by atoms with E-state index >= 15 is 0 Å². The van der Waals surface area contributed by atoms with E-state index in [1.165, 1.54) is 47.3 Å². The van der Waals surface area contributed by atoms with Crippen molar-refractivity contribution >= 4 is 102 Å². The molecule has 29 nitrogen and oxygen atoms in total. The van der Waals surface area contributed by atoms with Crippen molar-refractivity contribution < 1.29 is 142 Å². The molecule has 6 saturated carbocycles. The minimum atomic E-state index is -4.88. The first-order chi connectivity index (χ1) is 56.0. The average molecular weight is 1840 g/mol. The number of amides is 3. The number of fused-ring (bicyclic) bond motifs is 3. The maximum Gasteiger partial charge on any atom is 1.00 e. The van der Waals surface area contributed by atoms with Crippen molar-refractivity contribution in [1.82, 2.24) is 57.9 Å². The van der Waals surface area contributed by atoms with Crippen molar-refractivity contribution in [1.29, 1.82) is 0 Å². The Labute approximate surface area is 764 Å². The van der Waals surface area contributed by atoms with Crippen LogP contribution < -0.4 is 65.6 Å². The van der Waals surface area contributed by atoms with Gasteiger partial charge in [-0.15, -0.1) is 0 Å². The maximum absolute atomic E-state index is 13.5. The fourth-order valence-corrected chi connectivity index (χ4v) is 22.4. The van der Waals surface area contributed by atoms with E-state index in [9.17, 15) is 52.6 Å². The number of sulfonamides is 3. The van der Waals surface area contributed by atoms with E-state index in [0.29, 0.717) is 76.2 Å². The second-order valence-electron chi connectivity index (χ2n) is 33.4. The minimum absolute atomic E-state index is 0. The van der Waals surface area contributed by atoms with Crippen LogP contribution in [-0.4, -0.2) is 251 Å². The van der Waals surface area contributed by atoms with Gasteiger partial charge >= 0.3 is 76.6 Å². The van der Waals surface area contributed by atoms with Crippen LogP contribution >= 0.6 is 46.4 Å². The number of hydrogen-bond acceptors (Lipinski definition) is 23. The molecule has 9 unspecified atom stereocenters. The summed E-state index contributed by atoms with van der Waals surface area (Å²) in [6, 6.07) is 10.7. The fourth-order valence-electron chi connectivity index (χ4n) is 19.0. The van der Waals surface area contributed by atoms with Gasteiger partial charge in [-0.25, -0.2) is 74.3 Å². The van der Waals surface area contributed by atoms with Crippen LogP contribution in [0.25, 0.3) is 0 Å². The van der Waals surface area contributed by atoms with Crippen LogP contribution in [0.5, 0.6) is 11.5 Å². The van der Waals surface area contributed by atoms with E-state index in [1.54, 1.807) is 67.6 Å². The monoisotopic (exact) mass is 1840 g/mol. The van der Waals surface area contributed by atoms with Gasteiger partial charge in [0.15, 0.2) is 0 Å². The Hall–Kier alpha value is -4.65. The first-order valence-electron chi connectivity index (χ1n) is 39.9. The van der Waals surface area contributed by atoms with Crippen molar-refractivity contribution in [3.8, 4) is 11.5 Å². The molecule has 6 heterocycles. The van der Waals surface area contributed by atoms with Gasteiger partial charge in [-0.2, -0.15) is 8.61 Å². The van der Waals surface area contributed by atoms with Gasteiger partial charge in [-0.05, 0) is 184 Å². The van der Waals surface area contributed by atoms with E-state index in [4.69, 9.17) is 84.3 Å². The summed E-state index contributed by atoms with van der Waals surface area (Å²) in [5.74, 6) is 3.57. The largest absolute Gasteiger partial charge is 1.00 e. The van der Waals surface area contributed by atoms with Crippen LogP contribution in [0.15, 0.2) is 67.1 Å². The number of halogens is 7. The molecule has 9 fully saturated rings. The normalized spacial score (nSPS) is 29.7. The van der Waals surface area contributed by atoms with Gasteiger partial charge in [0.25, 0.3) is 0 Å². The van der Waals surface area contributed by atoms with Crippen LogP contribution in [0, 0.1) is 38.5 Å². The van der Waals surface area contributed by atoms with Gasteiger partial charge < -0.3 is 50.8 Å². The van der Waals surface area contributed by atoms with Gasteiger partial charge in [0, 0.05) is 72.6 Å². The number of ether oxygens (including phenoxy) is 8. The standard InChI is InChI=1S/C29H39ClN4O6S.C24H35BF3N2O6S.C21H31ClN4O5S.C5H4Cl2N2.K/c1-18-12-25(33(41(5,36)37)16-20-6-8-22(38-3)9-7-20)26(34(18)28(35)39-4)17-40-23-10-11-29(14-21(29)13-23)27-31-15-24(30)19(2)32-27;1-16-11-21(29(37(4,32)33)14-17-5-7-19(34-2)8-6-17)22(30(16)23(31)35-3)15-36-20-9-10-24(25(26,27)28)13-18(24)12-20;1-12-7-17(25-32(4,28)29)18(26(12)20(27)30-3)11-31-15-5-6-21(9-14(21)8-15)19-23-10-16(22)13(2)24-19;1-3-4(6)2-8-5(7)9-3;/h6-9,15,18,21,23,25-26H,10-14,16-17H2,1-5H3;5-8,16,18,20-22H,9-15H2,1-4H3;10,12,14-15,17-18,25H,5-9,11H2,1-4H3;2H,1H3;/q;-1;;;+1/t18-,21?,23?,25+,26+,29?;16-,18?,20?,21+,22+,24?;12-,14?,15?,17+,18+,21?;;/m111../s1. The van der Waals surface area contributed by atoms with Gasteiger partial charge in [0.1, 0.15) is 23.1 Å². The van der Waals surface area contributed by atoms with Crippen LogP contribution in [0.2, 0.25) is 25.7 Å². The third-order valence-electron chi connectivity index (χ3n) is 25.6. The molecule has 658 valence electrons. The Morgan fingerprint density at radius 3 is 1.20 bits per heavy atom. The molecule has 0 spiro atoms. The second kappa shape index (κ2) is 40.1. The first kappa shape index (κ1) is 97.5. The molecule has 0 bridgehead atoms. The van der Waals surface area contributed by atoms with Crippen LogP contribution in [0.1, 0.15) is 157 Å². The zero-order valence-corrected chi connectivity index (χ0v) is 79.1. The summed E-state index contributed by atoms with van der Waals surface area (Å²) < 4.78 is 166. The molecule has 3 aromatic heterocycles. The SMILES string of the molecule is COC(=O)N1[C@H](C)C[C@H](N(Cc2ccc(OC)cc2)S(C)(=O)=O)[C@@H]1COC1CCC2([B-](F)(F)F)CC2C1.COC(=O)N1[C@H](C)C[C@H](N(Cc2ccc(OC)cc2)S(C)(=O)=O)[C@@H]1COC1CCC2(c3ncc(Cl)c(C)n3)CC2C1.COC(=O)N1[C@H](C)C[C@H](NS(C)(=O)=O)[C@@H]1COC1CCC2(c3ncc(Cl)c(C)n3)CC2C1.Cc1nc(Cl)ncc1Cl.[K+]. The predicted molar refractivity (Wildman–Crippen MR) is 443 cm³/mol. The molecule has 2 aromatic carbocycles. The first-order valence-corrected chi connectivity index (χ1v) is 47.0. The van der Waals surface area contributed by atoms with Crippen molar-refractivity contribution in [2.45, 2.75) is 240 Å². The Bertz CT molecular complexity index is 4800. The van der Waals surface area contributed by atoms with Crippen LogP contribution in [0.4, 0.5) is 27.3 Å². The summed E-state index contributed by atoms with van der Waals surface area (Å²) in [6.07, 6.45) is 16.1. The zero-order valence-electron chi connectivity index (χ0n) is 70.5. The fraction of sp³-hybridized carbons (Fsp3) is 0.658. The van der Waals surface area contributed by atoms with Gasteiger partial charge in [-0.3, -0.25) is 14.7 Å². The maximum atomic E-state index is 13.5. The molecule has 5 aromatic rings. The number of carbonyl (C=O) groups is 3. The number of hydrogen-bond donors (Lipinski definition) is 1. The molecular formula is C79H109BCl4F3KN12O17S3. The molecule has 1 N–H and O–H groups in total. The summed E-state index contributed by atoms with van der Waals surface area (Å²) in [4.78, 5) is 68.5. The van der Waals surface area contributed by atoms with Gasteiger partial charge in [0.05, 0.1) is 149 Å². The molecule has 14 rings (SSSR count). The molecule has 9 aliphatic rings. The van der Waals surface area contributed by atoms with E-state index in [1.807, 2.05) is 58.9 Å². The summed E-state index contributed by atoms with van der Waals surface area (Å²) >= 11 is 23.3. The summed E-state index contributed by atoms with van der Waals surface area (Å²) in [5.41, 5.74) is 3.90. The molecule has 120 heavy (non-hydrogen) atoms. The van der Waals surface area contributed by atoms with E-state index in [2.05, 4.69) is 34.6 Å². The van der Waals surface area contributed by atoms with E-state index < -0.39 is 103 Å². The molecule has 3 aliphatic heterocycles. The quantitative estimate of drug-likeness (QED) is 0.0341. The van der Waals surface area contributed by atoms with E-state index in [-0.39, 0.29) is 150 Å². The molecule has 0 radical (unpaired) electrons. The van der Waals surface area contributed by atoms with E-state index in [0.717, 1.165) is 98.0 Å². The van der Waals surface area contributed by atoms with Gasteiger partial charge in [0.2, 0.25) is 35.4 Å². The third kappa shape index (κ3) is 22.8. The molecular weight excluding hydrogens is 1730 g/mol. The van der Waals surface area contributed by atoms with Crippen LogP contribution in [0.3, 0.4) is 0 Å². The van der Waals surface area contributed by atoms with Crippen molar-refractivity contribution in [2.24, 2.45) is 17.8 Å². The van der Waals surface area contributed by atoms with Crippen molar-refractivity contribution in [2.75, 3.05) is 74.1 Å². The molecule has 41 heteroatoms. The molecule has 6 aliphatic carbocycles. The number of rotatable bonds is 24. The number of benzene rings is 2. The molecule has 18 atom stereocenters. The molecule has 3 saturated heterocycles. The van der Waals surface area contributed by atoms with Gasteiger partial charge in [-0.1, -0.05) is 83.1 Å². The topological polar surface area (TPSA) is 333 Å². The Morgan fingerprint density at radius 2 is 0.867 bits per heavy atom. The predicted octanol–water partition coefficient (Wildman–Crippen LogP) is 10.1. The number of nitrogens with zero attached hydrogens (tertiary/aromatic N) is 11. The van der Waals surface area contributed by atoms with Crippen molar-refractivity contribution in [3.05, 3.63) is 127 Å². The van der Waals surface area contributed by atoms with Crippen molar-refractivity contribution in [3.63, 3.8) is 0 Å². The number of aryl methyl sites for hydroxylation is 3. The second-order valence-corrected chi connectivity index (χ2v) is 40.6. The number of carbonyl (C=O) groups excluding carboxylic acids is 3. The minimum Gasteiger partial charge on any atom is -0.497 e. The Kier molecular flexibility index (Phi) is 32.6. The Balaban J connectivity index is 0.000000179. The van der Waals surface area contributed by atoms with Crippen LogP contribution in [-0.2, 0) is 82.4 Å². The summed E-state index contributed by atoms with van der Waals surface area (Å²) in [7, 11) is -3.66. The number of methoxy groups -OCH3 is 5. The Morgan fingerprint density at radius 1 is 0.508 bits per heavy atom. The number of likely N-dealkylation sites (tertiary alicyclic amines) is 3. The smallest absolute Gasteiger partial charge is 0.497 e. The summed E-state index contributed by atoms with van der Waals surface area (Å²) in [6.45, 7) is 7.08. The third-order valence-corrected chi connectivity index (χ3v) is 30.2. The number of aromatic nitrogens is 6. The number of nitrogens with one attached hydrogen (secondary N) is 1. The summed E-state index contributed by atoms with van der Waals surface area (Å²) in [5, 5.41) is 0.423.